The number of likely N-dealkylation sites (N-methyl/N-ethyl adjacent to an activating group) is 2. The Labute approximate surface area is 393 Å². The van der Waals surface area contributed by atoms with Gasteiger partial charge in [0.05, 0.1) is 49.8 Å². The highest BCUT2D eigenvalue weighted by molar-refractivity contribution is 5.92. The third kappa shape index (κ3) is 15.0. The highest BCUT2D eigenvalue weighted by Gasteiger charge is 2.44. The van der Waals surface area contributed by atoms with Crippen LogP contribution in [0.25, 0.3) is 0 Å². The van der Waals surface area contributed by atoms with Gasteiger partial charge < -0.3 is 45.7 Å². The molecule has 0 saturated carbocycles. The molecule has 16 heteroatoms. The number of likely N-dealkylation sites (tertiary alicyclic amines) is 1. The number of esters is 1. The quantitative estimate of drug-likeness (QED) is 0.0833. The van der Waals surface area contributed by atoms with Gasteiger partial charge in [0, 0.05) is 46.3 Å². The van der Waals surface area contributed by atoms with Crippen LogP contribution < -0.4 is 21.7 Å². The van der Waals surface area contributed by atoms with E-state index in [-0.39, 0.29) is 54.7 Å². The Bertz CT molecular complexity index is 1870. The molecule has 5 N–H and O–H groups in total. The van der Waals surface area contributed by atoms with Gasteiger partial charge in [-0.25, -0.2) is 4.79 Å². The zero-order valence-corrected chi connectivity index (χ0v) is 41.7. The lowest BCUT2D eigenvalue weighted by Crippen LogP contribution is -2.59. The molecule has 10 atom stereocenters. The zero-order chi connectivity index (χ0) is 49.4. The number of carbonyl (C=O) groups excluding carboxylic acids is 6. The van der Waals surface area contributed by atoms with Crippen molar-refractivity contribution in [2.75, 3.05) is 54.8 Å². The van der Waals surface area contributed by atoms with Gasteiger partial charge in [0.25, 0.3) is 0 Å². The highest BCUT2D eigenvalue weighted by Crippen LogP contribution is 2.30. The van der Waals surface area contributed by atoms with Crippen LogP contribution in [0.2, 0.25) is 0 Å². The summed E-state index contributed by atoms with van der Waals surface area (Å²) in [5.74, 6) is -3.45. The number of amides is 5. The molecule has 1 aliphatic rings. The fourth-order valence-corrected chi connectivity index (χ4v) is 9.27. The monoisotopic (exact) mass is 922 g/mol. The van der Waals surface area contributed by atoms with Gasteiger partial charge in [0.1, 0.15) is 18.1 Å². The molecule has 5 amide bonds. The van der Waals surface area contributed by atoms with Crippen LogP contribution in [0.1, 0.15) is 85.3 Å². The number of nitrogens with zero attached hydrogens (tertiary/aromatic N) is 3. The molecule has 0 bridgehead atoms. The molecule has 2 aromatic rings. The Morgan fingerprint density at radius 1 is 0.758 bits per heavy atom. The van der Waals surface area contributed by atoms with E-state index in [2.05, 4.69) is 16.0 Å². The maximum absolute atomic E-state index is 14.5. The number of ether oxygens (including phenoxy) is 3. The molecule has 2 aromatic carbocycles. The predicted molar refractivity (Wildman–Crippen MR) is 256 cm³/mol. The first-order valence-corrected chi connectivity index (χ1v) is 23.4. The van der Waals surface area contributed by atoms with E-state index in [0.717, 1.165) is 11.1 Å². The van der Waals surface area contributed by atoms with Crippen molar-refractivity contribution in [3.05, 3.63) is 65.7 Å². The minimum absolute atomic E-state index is 0.0179. The Morgan fingerprint density at radius 2 is 1.35 bits per heavy atom. The molecule has 0 aromatic heterocycles. The number of nitrogen functional groups attached to an aromatic ring is 1. The third-order valence-corrected chi connectivity index (χ3v) is 13.1. The molecule has 1 heterocycles. The summed E-state index contributed by atoms with van der Waals surface area (Å²) in [7, 11) is 9.69. The van der Waals surface area contributed by atoms with Crippen LogP contribution in [0.5, 0.6) is 0 Å². The first-order valence-electron chi connectivity index (χ1n) is 23.4. The molecule has 3 rings (SSSR count). The SMILES string of the molecule is CC[C@H](C)C([C@@H](CC(=O)N1CCC[C@H]1[C@H](OC)[C@@H](C)C(=O)N[C@@H](Cc1ccccc1)C(=O)N[C@@H](Cc1ccc(N)cc1)C(=O)OC)OC)N(C)C(=O)[C@@H](NC(=O)[C@H](C(C)C)N(C)C)C(C)C. The lowest BCUT2D eigenvalue weighted by atomic mass is 9.89. The second-order valence-corrected chi connectivity index (χ2v) is 18.8. The van der Waals surface area contributed by atoms with Gasteiger partial charge in [-0.2, -0.15) is 0 Å². The summed E-state index contributed by atoms with van der Waals surface area (Å²) in [4.78, 5) is 88.8. The van der Waals surface area contributed by atoms with Crippen LogP contribution >= 0.6 is 0 Å². The molecular formula is C50H79N7O9. The van der Waals surface area contributed by atoms with E-state index in [1.54, 1.807) is 48.0 Å². The number of hydrogen-bond acceptors (Lipinski definition) is 11. The van der Waals surface area contributed by atoms with Gasteiger partial charge in [-0.1, -0.05) is 97.4 Å². The Balaban J connectivity index is 1.84. The number of hydrogen-bond donors (Lipinski definition) is 4. The average Bonchev–Trinajstić information content (AvgIpc) is 3.77. The van der Waals surface area contributed by atoms with Gasteiger partial charge in [0.2, 0.25) is 29.5 Å². The zero-order valence-electron chi connectivity index (χ0n) is 41.7. The molecule has 1 aliphatic heterocycles. The van der Waals surface area contributed by atoms with Gasteiger partial charge in [0.15, 0.2) is 0 Å². The number of benzene rings is 2. The first kappa shape index (κ1) is 55.3. The average molecular weight is 922 g/mol. The van der Waals surface area contributed by atoms with Crippen molar-refractivity contribution in [3.8, 4) is 0 Å². The smallest absolute Gasteiger partial charge is 0.328 e. The minimum Gasteiger partial charge on any atom is -0.467 e. The molecule has 0 spiro atoms. The van der Waals surface area contributed by atoms with Crippen molar-refractivity contribution in [1.82, 2.24) is 30.7 Å². The fourth-order valence-electron chi connectivity index (χ4n) is 9.27. The summed E-state index contributed by atoms with van der Waals surface area (Å²) >= 11 is 0. The van der Waals surface area contributed by atoms with E-state index >= 15 is 0 Å². The van der Waals surface area contributed by atoms with Gasteiger partial charge in [-0.15, -0.1) is 0 Å². The van der Waals surface area contributed by atoms with Crippen LogP contribution in [0.3, 0.4) is 0 Å². The molecule has 0 radical (unpaired) electrons. The summed E-state index contributed by atoms with van der Waals surface area (Å²) < 4.78 is 17.1. The van der Waals surface area contributed by atoms with E-state index in [0.29, 0.717) is 31.5 Å². The Hall–Kier alpha value is -5.06. The van der Waals surface area contributed by atoms with Crippen molar-refractivity contribution in [2.24, 2.45) is 23.7 Å². The summed E-state index contributed by atoms with van der Waals surface area (Å²) in [6.07, 6.45) is 0.757. The van der Waals surface area contributed by atoms with Crippen LogP contribution in [0.4, 0.5) is 5.69 Å². The summed E-state index contributed by atoms with van der Waals surface area (Å²) in [5.41, 5.74) is 7.96. The Kier molecular flexibility index (Phi) is 22.0. The molecule has 1 fully saturated rings. The number of carbonyl (C=O) groups is 6. The fraction of sp³-hybridized carbons (Fsp3) is 0.640. The van der Waals surface area contributed by atoms with Gasteiger partial charge in [-0.05, 0) is 68.0 Å². The molecule has 368 valence electrons. The van der Waals surface area contributed by atoms with Crippen LogP contribution in [-0.4, -0.2) is 148 Å². The van der Waals surface area contributed by atoms with Crippen molar-refractivity contribution < 1.29 is 43.0 Å². The molecule has 0 aliphatic carbocycles. The van der Waals surface area contributed by atoms with E-state index in [9.17, 15) is 28.8 Å². The van der Waals surface area contributed by atoms with Gasteiger partial charge in [-0.3, -0.25) is 28.9 Å². The van der Waals surface area contributed by atoms with Crippen LogP contribution in [0, 0.1) is 23.7 Å². The number of methoxy groups -OCH3 is 3. The maximum atomic E-state index is 14.5. The summed E-state index contributed by atoms with van der Waals surface area (Å²) in [6, 6.07) is 11.9. The number of rotatable bonds is 25. The van der Waals surface area contributed by atoms with Crippen molar-refractivity contribution in [2.45, 2.75) is 135 Å². The van der Waals surface area contributed by atoms with E-state index in [4.69, 9.17) is 19.9 Å². The van der Waals surface area contributed by atoms with Crippen molar-refractivity contribution in [1.29, 1.82) is 0 Å². The maximum Gasteiger partial charge on any atom is 0.328 e. The topological polar surface area (TPSA) is 202 Å². The number of nitrogens with two attached hydrogens (primary N) is 1. The van der Waals surface area contributed by atoms with Crippen molar-refractivity contribution >= 4 is 41.2 Å². The van der Waals surface area contributed by atoms with Crippen LogP contribution in [-0.2, 0) is 55.8 Å². The summed E-state index contributed by atoms with van der Waals surface area (Å²) in [5, 5.41) is 8.78. The molecule has 1 saturated heterocycles. The Morgan fingerprint density at radius 3 is 1.88 bits per heavy atom. The largest absolute Gasteiger partial charge is 0.467 e. The second-order valence-electron chi connectivity index (χ2n) is 18.8. The lowest BCUT2D eigenvalue weighted by Gasteiger charge is -2.41. The highest BCUT2D eigenvalue weighted by atomic mass is 16.5. The van der Waals surface area contributed by atoms with Crippen LogP contribution in [0.15, 0.2) is 54.6 Å². The predicted octanol–water partition coefficient (Wildman–Crippen LogP) is 3.84. The standard InChI is InChI=1S/C50H79N7O9/c1-14-32(6)44(56(10)49(62)42(30(2)3)54-48(61)43(31(4)5)55(8)9)40(64-11)29-41(58)57-26-18-21-39(57)45(65-12)33(7)46(59)52-37(27-34-19-16-15-17-20-34)47(60)53-38(50(63)66-13)28-35-22-24-36(51)25-23-35/h15-17,19-20,22-25,30-33,37-40,42-45H,14,18,21,26-29,51H2,1-13H3,(H,52,59)(H,53,60)(H,54,61)/t32-,33+,37-,38-,39-,40+,42-,43-,44?,45+/m0/s1. The lowest BCUT2D eigenvalue weighted by molar-refractivity contribution is -0.148. The third-order valence-electron chi connectivity index (χ3n) is 13.1. The van der Waals surface area contributed by atoms with E-state index < -0.39 is 72.2 Å². The molecule has 66 heavy (non-hydrogen) atoms. The van der Waals surface area contributed by atoms with E-state index in [1.807, 2.05) is 90.9 Å². The second kappa shape index (κ2) is 26.3. The van der Waals surface area contributed by atoms with Gasteiger partial charge >= 0.3 is 5.97 Å². The molecule has 1 unspecified atom stereocenters. The van der Waals surface area contributed by atoms with E-state index in [1.165, 1.54) is 21.3 Å². The minimum atomic E-state index is -1.08. The number of anilines is 1. The summed E-state index contributed by atoms with van der Waals surface area (Å²) in [6.45, 7) is 13.9. The molecular weight excluding hydrogens is 843 g/mol. The molecule has 16 nitrogen and oxygen atoms in total. The van der Waals surface area contributed by atoms with Crippen molar-refractivity contribution in [3.63, 3.8) is 0 Å². The first-order chi connectivity index (χ1) is 31.2. The normalized spacial score (nSPS) is 18.1. The number of nitrogens with one attached hydrogen (secondary N) is 3.